The largest absolute Gasteiger partial charge is 0.392 e. The Bertz CT molecular complexity index is 687. The van der Waals surface area contributed by atoms with Crippen LogP contribution in [0.15, 0.2) is 36.4 Å². The van der Waals surface area contributed by atoms with E-state index in [-0.39, 0.29) is 17.9 Å². The number of aliphatic hydroxyl groups excluding tert-OH is 2. The second kappa shape index (κ2) is 8.56. The van der Waals surface area contributed by atoms with Gasteiger partial charge in [0.25, 0.3) is 0 Å². The SMILES string of the molecule is [C-]#[N+][C@@H]1C[C@@H](O)C(c2ccc(C(O)C3(O)CCC3)cc2)C1C/C=C\CCC. The van der Waals surface area contributed by atoms with E-state index in [1.54, 1.807) is 0 Å². The molecule has 0 radical (unpaired) electrons. The van der Waals surface area contributed by atoms with Crippen molar-refractivity contribution in [1.82, 2.24) is 0 Å². The van der Waals surface area contributed by atoms with Crippen LogP contribution in [0.2, 0.25) is 0 Å². The first kappa shape index (κ1) is 20.1. The third-order valence-corrected chi connectivity index (χ3v) is 6.41. The van der Waals surface area contributed by atoms with E-state index in [2.05, 4.69) is 23.9 Å². The fraction of sp³-hybridized carbons (Fsp3) is 0.609. The molecule has 3 N–H and O–H groups in total. The molecule has 0 spiro atoms. The minimum atomic E-state index is -0.990. The van der Waals surface area contributed by atoms with Gasteiger partial charge in [0.05, 0.1) is 11.7 Å². The normalized spacial score (nSPS) is 30.8. The van der Waals surface area contributed by atoms with Gasteiger partial charge in [-0.2, -0.15) is 0 Å². The van der Waals surface area contributed by atoms with Crippen LogP contribution in [-0.4, -0.2) is 33.1 Å². The molecule has 0 aromatic heterocycles. The lowest BCUT2D eigenvalue weighted by Crippen LogP contribution is -2.43. The van der Waals surface area contributed by atoms with Crippen LogP contribution in [0.5, 0.6) is 0 Å². The van der Waals surface area contributed by atoms with E-state index >= 15 is 0 Å². The first-order chi connectivity index (χ1) is 13.0. The Labute approximate surface area is 162 Å². The molecular weight excluding hydrogens is 338 g/mol. The summed E-state index contributed by atoms with van der Waals surface area (Å²) < 4.78 is 0. The molecule has 2 aliphatic carbocycles. The molecule has 0 heterocycles. The number of hydrogen-bond donors (Lipinski definition) is 3. The molecule has 2 fully saturated rings. The summed E-state index contributed by atoms with van der Waals surface area (Å²) in [5.74, 6) is 0.0468. The number of aliphatic hydroxyl groups is 3. The molecule has 3 rings (SSSR count). The van der Waals surface area contributed by atoms with Gasteiger partial charge in [0.15, 0.2) is 0 Å². The first-order valence-electron chi connectivity index (χ1n) is 10.2. The van der Waals surface area contributed by atoms with E-state index < -0.39 is 17.8 Å². The van der Waals surface area contributed by atoms with Crippen molar-refractivity contribution >= 4 is 0 Å². The third-order valence-electron chi connectivity index (χ3n) is 6.41. The number of benzene rings is 1. The van der Waals surface area contributed by atoms with Gasteiger partial charge in [-0.05, 0) is 43.2 Å². The topological polar surface area (TPSA) is 65.0 Å². The van der Waals surface area contributed by atoms with Crippen LogP contribution < -0.4 is 0 Å². The number of hydrogen-bond acceptors (Lipinski definition) is 3. The molecule has 0 saturated heterocycles. The molecule has 0 aliphatic heterocycles. The maximum Gasteiger partial charge on any atom is 0.230 e. The van der Waals surface area contributed by atoms with Crippen molar-refractivity contribution in [3.05, 3.63) is 59.0 Å². The summed E-state index contributed by atoms with van der Waals surface area (Å²) in [7, 11) is 0. The van der Waals surface area contributed by atoms with Crippen LogP contribution in [0.3, 0.4) is 0 Å². The van der Waals surface area contributed by atoms with E-state index in [1.807, 2.05) is 24.3 Å². The van der Waals surface area contributed by atoms with Crippen LogP contribution in [-0.2, 0) is 0 Å². The summed E-state index contributed by atoms with van der Waals surface area (Å²) in [6.45, 7) is 9.65. The zero-order chi connectivity index (χ0) is 19.4. The Kier molecular flexibility index (Phi) is 6.37. The summed E-state index contributed by atoms with van der Waals surface area (Å²) in [6.07, 6.45) is 8.63. The molecule has 146 valence electrons. The Hall–Kier alpha value is -1.67. The highest BCUT2D eigenvalue weighted by Gasteiger charge is 2.47. The molecule has 1 aromatic rings. The average molecular weight is 370 g/mol. The molecule has 0 amide bonds. The number of allylic oxidation sites excluding steroid dienone is 2. The second-order valence-corrected chi connectivity index (χ2v) is 8.21. The maximum atomic E-state index is 10.6. The van der Waals surface area contributed by atoms with Crippen LogP contribution in [0.25, 0.3) is 4.85 Å². The number of nitrogens with zero attached hydrogens (tertiary/aromatic N) is 1. The van der Waals surface area contributed by atoms with Crippen molar-refractivity contribution in [2.75, 3.05) is 0 Å². The lowest BCUT2D eigenvalue weighted by Gasteiger charge is -2.40. The fourth-order valence-corrected chi connectivity index (χ4v) is 4.58. The summed E-state index contributed by atoms with van der Waals surface area (Å²) in [5, 5.41) is 31.4. The van der Waals surface area contributed by atoms with Crippen molar-refractivity contribution in [3.63, 3.8) is 0 Å². The van der Waals surface area contributed by atoms with Gasteiger partial charge in [-0.25, -0.2) is 6.57 Å². The molecule has 5 atom stereocenters. The van der Waals surface area contributed by atoms with E-state index in [4.69, 9.17) is 6.57 Å². The molecule has 2 saturated carbocycles. The van der Waals surface area contributed by atoms with Gasteiger partial charge in [0, 0.05) is 18.3 Å². The van der Waals surface area contributed by atoms with Crippen LogP contribution in [0.4, 0.5) is 0 Å². The van der Waals surface area contributed by atoms with E-state index in [0.29, 0.717) is 19.3 Å². The van der Waals surface area contributed by atoms with Gasteiger partial charge in [-0.3, -0.25) is 0 Å². The monoisotopic (exact) mass is 369 g/mol. The molecule has 4 heteroatoms. The van der Waals surface area contributed by atoms with Crippen molar-refractivity contribution in [1.29, 1.82) is 0 Å². The van der Waals surface area contributed by atoms with Crippen molar-refractivity contribution < 1.29 is 15.3 Å². The van der Waals surface area contributed by atoms with E-state index in [1.165, 1.54) is 0 Å². The quantitative estimate of drug-likeness (QED) is 0.500. The first-order valence-corrected chi connectivity index (χ1v) is 10.2. The minimum Gasteiger partial charge on any atom is -0.392 e. The second-order valence-electron chi connectivity index (χ2n) is 8.21. The van der Waals surface area contributed by atoms with Crippen molar-refractivity contribution in [2.24, 2.45) is 5.92 Å². The van der Waals surface area contributed by atoms with Crippen molar-refractivity contribution in [2.45, 2.75) is 81.6 Å². The van der Waals surface area contributed by atoms with Gasteiger partial charge in [0.1, 0.15) is 6.10 Å². The Morgan fingerprint density at radius 2 is 1.96 bits per heavy atom. The van der Waals surface area contributed by atoms with Crippen LogP contribution in [0.1, 0.15) is 75.0 Å². The zero-order valence-corrected chi connectivity index (χ0v) is 16.1. The van der Waals surface area contributed by atoms with Crippen molar-refractivity contribution in [3.8, 4) is 0 Å². The smallest absolute Gasteiger partial charge is 0.230 e. The van der Waals surface area contributed by atoms with Gasteiger partial charge in [-0.1, -0.05) is 49.8 Å². The minimum absolute atomic E-state index is 0.0617. The predicted octanol–water partition coefficient (Wildman–Crippen LogP) is 4.13. The summed E-state index contributed by atoms with van der Waals surface area (Å²) in [4.78, 5) is 3.77. The maximum absolute atomic E-state index is 10.6. The standard InChI is InChI=1S/C23H31NO3/c1-3-4-5-6-8-18-19(24-2)15-20(25)21(18)16-9-11-17(12-10-16)22(26)23(27)13-7-14-23/h5-6,9-12,18-22,25-27H,3-4,7-8,13-15H2,1H3/b6-5-/t18?,19-,20-,21?,22?/m1/s1. The van der Waals surface area contributed by atoms with Gasteiger partial charge < -0.3 is 20.2 Å². The van der Waals surface area contributed by atoms with E-state index in [9.17, 15) is 15.3 Å². The number of unbranched alkanes of at least 4 members (excludes halogenated alkanes) is 1. The highest BCUT2D eigenvalue weighted by molar-refractivity contribution is 5.31. The Balaban J connectivity index is 1.77. The highest BCUT2D eigenvalue weighted by atomic mass is 16.3. The third kappa shape index (κ3) is 4.11. The Morgan fingerprint density at radius 3 is 2.52 bits per heavy atom. The molecule has 4 nitrogen and oxygen atoms in total. The molecule has 27 heavy (non-hydrogen) atoms. The highest BCUT2D eigenvalue weighted by Crippen LogP contribution is 2.45. The van der Waals surface area contributed by atoms with Gasteiger partial charge in [0.2, 0.25) is 6.04 Å². The fourth-order valence-electron chi connectivity index (χ4n) is 4.58. The molecule has 1 aromatic carbocycles. The molecular formula is C23H31NO3. The molecule has 0 bridgehead atoms. The molecule has 2 aliphatic rings. The van der Waals surface area contributed by atoms with Crippen LogP contribution in [0, 0.1) is 12.5 Å². The van der Waals surface area contributed by atoms with Crippen LogP contribution >= 0.6 is 0 Å². The Morgan fingerprint density at radius 1 is 1.26 bits per heavy atom. The summed E-state index contributed by atoms with van der Waals surface area (Å²) in [5.41, 5.74) is 0.740. The predicted molar refractivity (Wildman–Crippen MR) is 106 cm³/mol. The zero-order valence-electron chi connectivity index (χ0n) is 16.1. The molecule has 3 unspecified atom stereocenters. The van der Waals surface area contributed by atoms with Gasteiger partial charge in [-0.15, -0.1) is 0 Å². The lowest BCUT2D eigenvalue weighted by atomic mass is 9.74. The van der Waals surface area contributed by atoms with Gasteiger partial charge >= 0.3 is 0 Å². The van der Waals surface area contributed by atoms with E-state index in [0.717, 1.165) is 36.8 Å². The number of rotatable bonds is 7. The summed E-state index contributed by atoms with van der Waals surface area (Å²) >= 11 is 0. The average Bonchev–Trinajstić information content (AvgIpc) is 2.98. The summed E-state index contributed by atoms with van der Waals surface area (Å²) in [6, 6.07) is 7.46. The lowest BCUT2D eigenvalue weighted by molar-refractivity contribution is -0.127.